The topological polar surface area (TPSA) is 26.3 Å². The molecule has 0 fully saturated rings. The van der Waals surface area contributed by atoms with E-state index >= 15 is 0 Å². The van der Waals surface area contributed by atoms with E-state index in [1.54, 1.807) is 0 Å². The second-order valence-corrected chi connectivity index (χ2v) is 10.1. The van der Waals surface area contributed by atoms with E-state index in [9.17, 15) is 4.79 Å². The molecule has 0 aliphatic carbocycles. The van der Waals surface area contributed by atoms with E-state index in [1.165, 1.54) is 0 Å². The molecule has 3 heteroatoms. The van der Waals surface area contributed by atoms with E-state index in [1.807, 2.05) is 6.08 Å². The van der Waals surface area contributed by atoms with Gasteiger partial charge in [-0.2, -0.15) is 0 Å². The second kappa shape index (κ2) is 8.64. The Bertz CT molecular complexity index is 221. The van der Waals surface area contributed by atoms with Crippen molar-refractivity contribution in [2.24, 2.45) is 5.92 Å². The van der Waals surface area contributed by atoms with Crippen LogP contribution in [0.1, 0.15) is 39.0 Å². The van der Waals surface area contributed by atoms with Gasteiger partial charge >= 0.3 is 0 Å². The maximum Gasteiger partial charge on any atom is 0.184 e. The van der Waals surface area contributed by atoms with Gasteiger partial charge in [-0.3, -0.25) is 0 Å². The standard InChI is InChI=1S/C14H28O2Si/c1-6-8-10-13(12-15)11-14(9-7-2)16-17(3,4)5/h7,12-14H,2,6,8-11H2,1,3-5H3. The molecule has 100 valence electrons. The normalized spacial score (nSPS) is 15.3. The first-order valence-corrected chi connectivity index (χ1v) is 10.1. The van der Waals surface area contributed by atoms with Crippen LogP contribution in [0.2, 0.25) is 19.6 Å². The fourth-order valence-corrected chi connectivity index (χ4v) is 3.12. The molecule has 0 aliphatic rings. The minimum absolute atomic E-state index is 0.149. The molecular weight excluding hydrogens is 228 g/mol. The molecule has 0 saturated carbocycles. The predicted octanol–water partition coefficient (Wildman–Crippen LogP) is 4.18. The van der Waals surface area contributed by atoms with Crippen molar-refractivity contribution in [2.75, 3.05) is 0 Å². The fourth-order valence-electron chi connectivity index (χ4n) is 1.92. The maximum atomic E-state index is 11.0. The van der Waals surface area contributed by atoms with E-state index in [-0.39, 0.29) is 12.0 Å². The van der Waals surface area contributed by atoms with Gasteiger partial charge < -0.3 is 9.22 Å². The monoisotopic (exact) mass is 256 g/mol. The highest BCUT2D eigenvalue weighted by molar-refractivity contribution is 6.69. The van der Waals surface area contributed by atoms with Gasteiger partial charge in [0.2, 0.25) is 0 Å². The lowest BCUT2D eigenvalue weighted by molar-refractivity contribution is -0.112. The van der Waals surface area contributed by atoms with E-state index in [2.05, 4.69) is 33.1 Å². The van der Waals surface area contributed by atoms with Crippen LogP contribution in [0.15, 0.2) is 12.7 Å². The molecule has 0 spiro atoms. The van der Waals surface area contributed by atoms with Crippen molar-refractivity contribution >= 4 is 14.6 Å². The quantitative estimate of drug-likeness (QED) is 0.333. The van der Waals surface area contributed by atoms with Crippen molar-refractivity contribution in [3.63, 3.8) is 0 Å². The van der Waals surface area contributed by atoms with Crippen LogP contribution in [0.5, 0.6) is 0 Å². The zero-order valence-electron chi connectivity index (χ0n) is 11.9. The number of carbonyl (C=O) groups excluding carboxylic acids is 1. The molecule has 0 saturated heterocycles. The summed E-state index contributed by atoms with van der Waals surface area (Å²) in [5.41, 5.74) is 0. The fraction of sp³-hybridized carbons (Fsp3) is 0.786. The van der Waals surface area contributed by atoms with Crippen molar-refractivity contribution < 1.29 is 9.22 Å². The number of rotatable bonds is 10. The Morgan fingerprint density at radius 1 is 1.35 bits per heavy atom. The Balaban J connectivity index is 4.28. The van der Waals surface area contributed by atoms with E-state index in [0.717, 1.165) is 38.4 Å². The van der Waals surface area contributed by atoms with Crippen LogP contribution < -0.4 is 0 Å². The molecule has 0 radical (unpaired) electrons. The summed E-state index contributed by atoms with van der Waals surface area (Å²) in [7, 11) is -1.53. The first-order valence-electron chi connectivity index (χ1n) is 6.67. The summed E-state index contributed by atoms with van der Waals surface area (Å²) >= 11 is 0. The average Bonchev–Trinajstić information content (AvgIpc) is 2.22. The summed E-state index contributed by atoms with van der Waals surface area (Å²) in [5.74, 6) is 0.149. The lowest BCUT2D eigenvalue weighted by atomic mass is 9.96. The molecule has 0 aromatic carbocycles. The molecule has 0 heterocycles. The zero-order chi connectivity index (χ0) is 13.3. The van der Waals surface area contributed by atoms with Crippen LogP contribution in [0.3, 0.4) is 0 Å². The van der Waals surface area contributed by atoms with Gasteiger partial charge in [-0.15, -0.1) is 6.58 Å². The van der Waals surface area contributed by atoms with E-state index < -0.39 is 8.32 Å². The van der Waals surface area contributed by atoms with Gasteiger partial charge in [-0.25, -0.2) is 0 Å². The zero-order valence-corrected chi connectivity index (χ0v) is 12.9. The number of carbonyl (C=O) groups is 1. The summed E-state index contributed by atoms with van der Waals surface area (Å²) in [6, 6.07) is 0. The Hall–Kier alpha value is -0.413. The molecule has 0 N–H and O–H groups in total. The molecule has 0 aromatic heterocycles. The van der Waals surface area contributed by atoms with Gasteiger partial charge in [0.05, 0.1) is 0 Å². The van der Waals surface area contributed by atoms with Gasteiger partial charge in [0.25, 0.3) is 0 Å². The lowest BCUT2D eigenvalue weighted by Crippen LogP contribution is -2.33. The molecule has 2 atom stereocenters. The van der Waals surface area contributed by atoms with Gasteiger partial charge in [0.1, 0.15) is 6.29 Å². The summed E-state index contributed by atoms with van der Waals surface area (Å²) in [6.45, 7) is 12.5. The largest absolute Gasteiger partial charge is 0.414 e. The SMILES string of the molecule is C=CCC(CC(C=O)CCCC)O[Si](C)(C)C. The minimum atomic E-state index is -1.53. The van der Waals surface area contributed by atoms with Crippen molar-refractivity contribution in [1.82, 2.24) is 0 Å². The van der Waals surface area contributed by atoms with Crippen LogP contribution in [0.25, 0.3) is 0 Å². The molecule has 0 aromatic rings. The van der Waals surface area contributed by atoms with Crippen LogP contribution in [0, 0.1) is 5.92 Å². The van der Waals surface area contributed by atoms with Crippen LogP contribution in [0.4, 0.5) is 0 Å². The predicted molar refractivity (Wildman–Crippen MR) is 76.7 cm³/mol. The Kier molecular flexibility index (Phi) is 8.43. The minimum Gasteiger partial charge on any atom is -0.414 e. The van der Waals surface area contributed by atoms with Crippen molar-refractivity contribution in [3.05, 3.63) is 12.7 Å². The Morgan fingerprint density at radius 3 is 2.41 bits per heavy atom. The third kappa shape index (κ3) is 9.30. The number of hydrogen-bond acceptors (Lipinski definition) is 2. The molecular formula is C14H28O2Si. The van der Waals surface area contributed by atoms with Crippen molar-refractivity contribution in [2.45, 2.75) is 64.8 Å². The van der Waals surface area contributed by atoms with Crippen LogP contribution in [-0.2, 0) is 9.22 Å². The molecule has 0 bridgehead atoms. The summed E-state index contributed by atoms with van der Waals surface area (Å²) in [6.07, 6.45) is 8.11. The van der Waals surface area contributed by atoms with Crippen molar-refractivity contribution in [3.8, 4) is 0 Å². The van der Waals surface area contributed by atoms with E-state index in [4.69, 9.17) is 4.43 Å². The highest BCUT2D eigenvalue weighted by atomic mass is 28.4. The summed E-state index contributed by atoms with van der Waals surface area (Å²) in [5, 5.41) is 0. The summed E-state index contributed by atoms with van der Waals surface area (Å²) in [4.78, 5) is 11.0. The third-order valence-electron chi connectivity index (χ3n) is 2.64. The van der Waals surface area contributed by atoms with Crippen LogP contribution >= 0.6 is 0 Å². The first-order chi connectivity index (χ1) is 7.92. The maximum absolute atomic E-state index is 11.0. The molecule has 2 unspecified atom stereocenters. The number of unbranched alkanes of at least 4 members (excludes halogenated alkanes) is 1. The summed E-state index contributed by atoms with van der Waals surface area (Å²) < 4.78 is 6.10. The van der Waals surface area contributed by atoms with Gasteiger partial charge in [0.15, 0.2) is 8.32 Å². The van der Waals surface area contributed by atoms with Crippen LogP contribution in [-0.4, -0.2) is 20.7 Å². The Labute approximate surface area is 108 Å². The molecule has 17 heavy (non-hydrogen) atoms. The Morgan fingerprint density at radius 2 is 2.00 bits per heavy atom. The van der Waals surface area contributed by atoms with Crippen molar-refractivity contribution in [1.29, 1.82) is 0 Å². The highest BCUT2D eigenvalue weighted by Gasteiger charge is 2.22. The average molecular weight is 256 g/mol. The second-order valence-electron chi connectivity index (χ2n) is 5.65. The third-order valence-corrected chi connectivity index (χ3v) is 3.68. The molecule has 2 nitrogen and oxygen atoms in total. The number of hydrogen-bond donors (Lipinski definition) is 0. The first kappa shape index (κ1) is 16.6. The van der Waals surface area contributed by atoms with Gasteiger partial charge in [0, 0.05) is 12.0 Å². The molecule has 0 rings (SSSR count). The number of aldehydes is 1. The lowest BCUT2D eigenvalue weighted by Gasteiger charge is -2.27. The molecule has 0 amide bonds. The molecule has 0 aliphatic heterocycles. The van der Waals surface area contributed by atoms with Gasteiger partial charge in [-0.05, 0) is 38.9 Å². The van der Waals surface area contributed by atoms with E-state index in [0.29, 0.717) is 0 Å². The highest BCUT2D eigenvalue weighted by Crippen LogP contribution is 2.20. The smallest absolute Gasteiger partial charge is 0.184 e. The van der Waals surface area contributed by atoms with Gasteiger partial charge in [-0.1, -0.05) is 25.8 Å².